The molecule has 0 amide bonds. The molecule has 0 saturated carbocycles. The Bertz CT molecular complexity index is 208. The van der Waals surface area contributed by atoms with Crippen molar-refractivity contribution < 1.29 is 0 Å². The molecular weight excluding hydrogens is 242 g/mol. The third-order valence-electron chi connectivity index (χ3n) is 3.83. The predicted molar refractivity (Wildman–Crippen MR) is 93.9 cm³/mol. The van der Waals surface area contributed by atoms with Crippen molar-refractivity contribution in [1.82, 2.24) is 0 Å². The average Bonchev–Trinajstić information content (AvgIpc) is 2.47. The zero-order valence-electron chi connectivity index (χ0n) is 13.9. The van der Waals surface area contributed by atoms with Crippen LogP contribution in [0.2, 0.25) is 0 Å². The summed E-state index contributed by atoms with van der Waals surface area (Å²) in [5.74, 6) is 0. The quantitative estimate of drug-likeness (QED) is 0.169. The maximum atomic E-state index is 3.88. The Morgan fingerprint density at radius 3 is 1.60 bits per heavy atom. The van der Waals surface area contributed by atoms with E-state index in [2.05, 4.69) is 30.8 Å². The number of hydrogen-bond donors (Lipinski definition) is 0. The molecule has 0 bridgehead atoms. The van der Waals surface area contributed by atoms with E-state index < -0.39 is 0 Å². The maximum Gasteiger partial charge on any atom is 0.0382 e. The molecule has 0 heterocycles. The van der Waals surface area contributed by atoms with Gasteiger partial charge < -0.3 is 4.99 Å². The highest BCUT2D eigenvalue weighted by atomic mass is 14.7. The third-order valence-corrected chi connectivity index (χ3v) is 3.83. The van der Waals surface area contributed by atoms with E-state index in [0.717, 1.165) is 6.54 Å². The molecule has 0 aliphatic rings. The van der Waals surface area contributed by atoms with E-state index in [1.54, 1.807) is 0 Å². The Morgan fingerprint density at radius 2 is 1.10 bits per heavy atom. The summed E-state index contributed by atoms with van der Waals surface area (Å²) in [5, 5.41) is 0. The van der Waals surface area contributed by atoms with Crippen LogP contribution in [0.15, 0.2) is 17.1 Å². The van der Waals surface area contributed by atoms with E-state index in [4.69, 9.17) is 0 Å². The topological polar surface area (TPSA) is 12.4 Å². The minimum absolute atomic E-state index is 0.946. The zero-order valence-corrected chi connectivity index (χ0v) is 13.9. The van der Waals surface area contributed by atoms with Crippen molar-refractivity contribution in [3.63, 3.8) is 0 Å². The average molecular weight is 280 g/mol. The molecule has 0 rings (SSSR count). The summed E-state index contributed by atoms with van der Waals surface area (Å²) >= 11 is 0. The van der Waals surface area contributed by atoms with Gasteiger partial charge in [-0.05, 0) is 38.8 Å². The van der Waals surface area contributed by atoms with E-state index in [0.29, 0.717) is 0 Å². The number of allylic oxidation sites excluding steroid dienone is 2. The molecule has 0 aromatic heterocycles. The summed E-state index contributed by atoms with van der Waals surface area (Å²) in [6, 6.07) is 0. The number of hydrogen-bond acceptors (Lipinski definition) is 1. The molecule has 0 N–H and O–H groups in total. The number of aliphatic imine (C=N–C) groups is 1. The molecule has 1 nitrogen and oxygen atoms in total. The fraction of sp³-hybridized carbons (Fsp3) is 0.842. The molecular formula is C19H37N. The van der Waals surface area contributed by atoms with Crippen LogP contribution in [0.4, 0.5) is 0 Å². The van der Waals surface area contributed by atoms with Gasteiger partial charge in [0.1, 0.15) is 0 Å². The number of nitrogens with zero attached hydrogens (tertiary/aromatic N) is 1. The molecule has 0 saturated heterocycles. The second kappa shape index (κ2) is 18.4. The first-order valence-electron chi connectivity index (χ1n) is 8.99. The maximum absolute atomic E-state index is 3.88. The van der Waals surface area contributed by atoms with Crippen molar-refractivity contribution in [2.24, 2.45) is 4.99 Å². The van der Waals surface area contributed by atoms with Crippen molar-refractivity contribution in [1.29, 1.82) is 0 Å². The molecule has 0 aliphatic carbocycles. The van der Waals surface area contributed by atoms with Gasteiger partial charge in [0.25, 0.3) is 0 Å². The van der Waals surface area contributed by atoms with Crippen LogP contribution < -0.4 is 0 Å². The summed E-state index contributed by atoms with van der Waals surface area (Å²) in [4.78, 5) is 3.88. The van der Waals surface area contributed by atoms with E-state index in [1.807, 2.05) is 0 Å². The molecule has 0 aromatic rings. The first kappa shape index (κ1) is 19.4. The molecule has 0 fully saturated rings. The van der Waals surface area contributed by atoms with Crippen molar-refractivity contribution in [2.75, 3.05) is 6.54 Å². The molecule has 0 spiro atoms. The Labute approximate surface area is 128 Å². The first-order valence-corrected chi connectivity index (χ1v) is 8.99. The first-order chi connectivity index (χ1) is 9.91. The number of unbranched alkanes of at least 4 members (excludes halogenated alkanes) is 12. The van der Waals surface area contributed by atoms with Crippen LogP contribution in [-0.2, 0) is 0 Å². The lowest BCUT2D eigenvalue weighted by molar-refractivity contribution is 0.600. The van der Waals surface area contributed by atoms with Crippen LogP contribution in [0.3, 0.4) is 0 Å². The van der Waals surface area contributed by atoms with E-state index in [1.165, 1.54) is 89.9 Å². The van der Waals surface area contributed by atoms with Crippen LogP contribution >= 0.6 is 0 Å². The van der Waals surface area contributed by atoms with E-state index >= 15 is 0 Å². The normalized spacial score (nSPS) is 11.2. The summed E-state index contributed by atoms with van der Waals surface area (Å²) < 4.78 is 0. The minimum atomic E-state index is 0.946. The molecule has 0 aromatic carbocycles. The second-order valence-corrected chi connectivity index (χ2v) is 5.89. The Kier molecular flexibility index (Phi) is 17.9. The van der Waals surface area contributed by atoms with Crippen LogP contribution in [0.25, 0.3) is 0 Å². The van der Waals surface area contributed by atoms with Crippen molar-refractivity contribution in [3.05, 3.63) is 12.2 Å². The van der Waals surface area contributed by atoms with Gasteiger partial charge in [-0.1, -0.05) is 76.9 Å². The fourth-order valence-corrected chi connectivity index (χ4v) is 2.47. The Morgan fingerprint density at radius 1 is 0.650 bits per heavy atom. The lowest BCUT2D eigenvalue weighted by Crippen LogP contribution is -1.82. The van der Waals surface area contributed by atoms with E-state index in [9.17, 15) is 0 Å². The molecule has 0 atom stereocenters. The Balaban J connectivity index is 3.03. The van der Waals surface area contributed by atoms with Gasteiger partial charge >= 0.3 is 0 Å². The third kappa shape index (κ3) is 17.4. The highest BCUT2D eigenvalue weighted by Gasteiger charge is 1.90. The van der Waals surface area contributed by atoms with E-state index in [-0.39, 0.29) is 0 Å². The molecule has 118 valence electrons. The van der Waals surface area contributed by atoms with Gasteiger partial charge in [-0.2, -0.15) is 0 Å². The monoisotopic (exact) mass is 279 g/mol. The Hall–Kier alpha value is -0.590. The summed E-state index contributed by atoms with van der Waals surface area (Å²) in [7, 11) is 0. The molecule has 1 heteroatoms. The summed E-state index contributed by atoms with van der Waals surface area (Å²) in [5.41, 5.74) is 0. The highest BCUT2D eigenvalue weighted by Crippen LogP contribution is 2.09. The lowest BCUT2D eigenvalue weighted by atomic mass is 10.1. The zero-order chi connectivity index (χ0) is 14.7. The largest absolute Gasteiger partial charge is 0.301 e. The fourth-order valence-electron chi connectivity index (χ4n) is 2.47. The van der Waals surface area contributed by atoms with Crippen LogP contribution in [0, 0.1) is 0 Å². The van der Waals surface area contributed by atoms with Crippen LogP contribution in [0.1, 0.15) is 96.8 Å². The van der Waals surface area contributed by atoms with Gasteiger partial charge in [0, 0.05) is 6.54 Å². The molecule has 0 unspecified atom stereocenters. The minimum Gasteiger partial charge on any atom is -0.301 e. The number of rotatable bonds is 16. The van der Waals surface area contributed by atoms with Gasteiger partial charge in [0.2, 0.25) is 0 Å². The van der Waals surface area contributed by atoms with Gasteiger partial charge in [-0.3, -0.25) is 0 Å². The lowest BCUT2D eigenvalue weighted by Gasteiger charge is -1.99. The SMILES string of the molecule is C=NCCCCCCCC/C=C\CCCCCCCC. The van der Waals surface area contributed by atoms with Gasteiger partial charge in [-0.25, -0.2) is 0 Å². The highest BCUT2D eigenvalue weighted by molar-refractivity contribution is 5.22. The smallest absolute Gasteiger partial charge is 0.0382 e. The van der Waals surface area contributed by atoms with Crippen LogP contribution in [0.5, 0.6) is 0 Å². The van der Waals surface area contributed by atoms with Crippen LogP contribution in [-0.4, -0.2) is 13.3 Å². The van der Waals surface area contributed by atoms with Gasteiger partial charge in [-0.15, -0.1) is 0 Å². The molecule has 20 heavy (non-hydrogen) atoms. The van der Waals surface area contributed by atoms with Gasteiger partial charge in [0.15, 0.2) is 0 Å². The van der Waals surface area contributed by atoms with Crippen molar-refractivity contribution >= 4 is 6.72 Å². The van der Waals surface area contributed by atoms with Crippen molar-refractivity contribution in [3.8, 4) is 0 Å². The summed E-state index contributed by atoms with van der Waals surface area (Å²) in [6.45, 7) is 6.74. The molecule has 0 aliphatic heterocycles. The standard InChI is InChI=1S/C19H37N/c1-3-4-5-6-7-8-9-10-11-12-13-14-15-16-17-18-19-20-2/h10-11H,2-9,12-19H2,1H3/b11-10-. The second-order valence-electron chi connectivity index (χ2n) is 5.89. The molecule has 0 radical (unpaired) electrons. The summed E-state index contributed by atoms with van der Waals surface area (Å²) in [6.07, 6.45) is 23.9. The van der Waals surface area contributed by atoms with Crippen molar-refractivity contribution in [2.45, 2.75) is 96.8 Å². The predicted octanol–water partition coefficient (Wildman–Crippen LogP) is 6.72. The van der Waals surface area contributed by atoms with Gasteiger partial charge in [0.05, 0.1) is 0 Å².